The molecule has 3 aliphatic rings. The number of halogens is 6. The summed E-state index contributed by atoms with van der Waals surface area (Å²) in [5, 5.41) is 18.5. The fourth-order valence-electron chi connectivity index (χ4n) is 3.88. The standard InChI is InChI=1S/C13H10Cl6O4/c14-6-3-1-2-5-9(15)4-10(9,16)12(18,7(20)21)13(19,8(22)23)11(5,6)17/h2,6H,1,3-4H2,(H,20,21)(H,22,23). The second kappa shape index (κ2) is 4.77. The van der Waals surface area contributed by atoms with E-state index in [2.05, 4.69) is 0 Å². The van der Waals surface area contributed by atoms with Crippen LogP contribution in [0.1, 0.15) is 19.3 Å². The van der Waals surface area contributed by atoms with Crippen molar-refractivity contribution in [3.05, 3.63) is 11.6 Å². The molecule has 6 unspecified atom stereocenters. The van der Waals surface area contributed by atoms with E-state index in [9.17, 15) is 19.8 Å². The lowest BCUT2D eigenvalue weighted by Gasteiger charge is -2.57. The molecule has 2 fully saturated rings. The Morgan fingerprint density at radius 3 is 2.04 bits per heavy atom. The van der Waals surface area contributed by atoms with Gasteiger partial charge in [-0.15, -0.1) is 69.6 Å². The summed E-state index contributed by atoms with van der Waals surface area (Å²) in [6, 6.07) is 0. The lowest BCUT2D eigenvalue weighted by atomic mass is 9.63. The minimum atomic E-state index is -2.69. The minimum absolute atomic E-state index is 0.0788. The fourth-order valence-corrected chi connectivity index (χ4v) is 7.20. The SMILES string of the molecule is O=C(O)C1(Cl)C2(Cl)C(=CCCC2Cl)C2(Cl)CC2(Cl)C1(Cl)C(=O)O. The molecule has 3 aliphatic carbocycles. The summed E-state index contributed by atoms with van der Waals surface area (Å²) in [5.74, 6) is -3.42. The Kier molecular flexibility index (Phi) is 3.78. The molecule has 3 rings (SSSR count). The average Bonchev–Trinajstić information content (AvgIpc) is 3.03. The molecule has 0 amide bonds. The summed E-state index contributed by atoms with van der Waals surface area (Å²) in [4.78, 5) is 13.5. The van der Waals surface area contributed by atoms with E-state index in [1.807, 2.05) is 0 Å². The summed E-state index contributed by atoms with van der Waals surface area (Å²) in [5.41, 5.74) is 0.240. The smallest absolute Gasteiger partial charge is 0.329 e. The van der Waals surface area contributed by atoms with Gasteiger partial charge in [0.25, 0.3) is 0 Å². The molecule has 0 aliphatic heterocycles. The van der Waals surface area contributed by atoms with Crippen LogP contribution in [0.2, 0.25) is 0 Å². The van der Waals surface area contributed by atoms with Gasteiger partial charge in [-0.05, 0) is 24.8 Å². The first-order valence-electron chi connectivity index (χ1n) is 6.62. The molecule has 2 N–H and O–H groups in total. The molecule has 0 aromatic rings. The van der Waals surface area contributed by atoms with Crippen LogP contribution < -0.4 is 0 Å². The van der Waals surface area contributed by atoms with Crippen molar-refractivity contribution in [2.75, 3.05) is 0 Å². The van der Waals surface area contributed by atoms with Crippen LogP contribution >= 0.6 is 69.6 Å². The van der Waals surface area contributed by atoms with Crippen molar-refractivity contribution in [3.8, 4) is 0 Å². The Morgan fingerprint density at radius 2 is 1.57 bits per heavy atom. The van der Waals surface area contributed by atoms with E-state index in [0.717, 1.165) is 0 Å². The molecule has 0 spiro atoms. The van der Waals surface area contributed by atoms with Crippen molar-refractivity contribution in [1.29, 1.82) is 0 Å². The summed E-state index contributed by atoms with van der Waals surface area (Å²) in [7, 11) is 0. The van der Waals surface area contributed by atoms with E-state index >= 15 is 0 Å². The van der Waals surface area contributed by atoms with E-state index < -0.39 is 41.7 Å². The number of carbonyl (C=O) groups is 2. The predicted octanol–water partition coefficient (Wildman–Crippen LogP) is 3.79. The van der Waals surface area contributed by atoms with Gasteiger partial charge >= 0.3 is 11.9 Å². The summed E-state index contributed by atoms with van der Waals surface area (Å²) in [6.45, 7) is 0. The average molecular weight is 443 g/mol. The van der Waals surface area contributed by atoms with E-state index in [1.165, 1.54) is 0 Å². The quantitative estimate of drug-likeness (QED) is 0.504. The lowest BCUT2D eigenvalue weighted by molar-refractivity contribution is -0.152. The molecule has 0 saturated heterocycles. The van der Waals surface area contributed by atoms with Crippen molar-refractivity contribution in [1.82, 2.24) is 0 Å². The highest BCUT2D eigenvalue weighted by molar-refractivity contribution is 6.60. The van der Waals surface area contributed by atoms with Crippen molar-refractivity contribution in [3.63, 3.8) is 0 Å². The zero-order valence-electron chi connectivity index (χ0n) is 11.3. The van der Waals surface area contributed by atoms with Gasteiger partial charge < -0.3 is 10.2 Å². The van der Waals surface area contributed by atoms with Gasteiger partial charge in [0, 0.05) is 0 Å². The molecule has 0 aromatic carbocycles. The maximum Gasteiger partial charge on any atom is 0.329 e. The fraction of sp³-hybridized carbons (Fsp3) is 0.692. The first-order valence-corrected chi connectivity index (χ1v) is 8.95. The third-order valence-corrected chi connectivity index (χ3v) is 9.83. The van der Waals surface area contributed by atoms with Crippen LogP contribution in [0.25, 0.3) is 0 Å². The molecule has 4 nitrogen and oxygen atoms in total. The van der Waals surface area contributed by atoms with Crippen LogP contribution in [-0.4, -0.2) is 51.9 Å². The van der Waals surface area contributed by atoms with Gasteiger partial charge in [-0.3, -0.25) is 9.59 Å². The number of alkyl halides is 6. The first-order chi connectivity index (χ1) is 10.4. The maximum absolute atomic E-state index is 12.1. The van der Waals surface area contributed by atoms with E-state index in [4.69, 9.17) is 69.6 Å². The molecule has 23 heavy (non-hydrogen) atoms. The lowest BCUT2D eigenvalue weighted by Crippen LogP contribution is -2.78. The Hall–Kier alpha value is 0.420. The van der Waals surface area contributed by atoms with Crippen molar-refractivity contribution >= 4 is 81.5 Å². The number of fused-ring (bicyclic) bond motifs is 3. The van der Waals surface area contributed by atoms with Gasteiger partial charge in [0.15, 0.2) is 9.75 Å². The number of rotatable bonds is 2. The number of carboxylic acids is 2. The Morgan fingerprint density at radius 1 is 1.04 bits per heavy atom. The highest BCUT2D eigenvalue weighted by Crippen LogP contribution is 2.80. The minimum Gasteiger partial charge on any atom is -0.480 e. The van der Waals surface area contributed by atoms with E-state index in [1.54, 1.807) is 6.08 Å². The Bertz CT molecular complexity index is 669. The molecule has 0 aromatic heterocycles. The Balaban J connectivity index is 2.42. The summed E-state index contributed by atoms with van der Waals surface area (Å²) < 4.78 is 0. The van der Waals surface area contributed by atoms with E-state index in [0.29, 0.717) is 12.8 Å². The topological polar surface area (TPSA) is 74.6 Å². The van der Waals surface area contributed by atoms with Crippen molar-refractivity contribution in [2.24, 2.45) is 0 Å². The number of allylic oxidation sites excluding steroid dienone is 2. The third kappa shape index (κ3) is 1.60. The van der Waals surface area contributed by atoms with Crippen LogP contribution in [-0.2, 0) is 9.59 Å². The molecule has 10 heteroatoms. The second-order valence-electron chi connectivity index (χ2n) is 6.08. The maximum atomic E-state index is 12.1. The third-order valence-electron chi connectivity index (χ3n) is 5.12. The molecular weight excluding hydrogens is 433 g/mol. The molecule has 128 valence electrons. The monoisotopic (exact) mass is 440 g/mol. The van der Waals surface area contributed by atoms with Gasteiger partial charge in [0.05, 0.1) is 10.3 Å². The van der Waals surface area contributed by atoms with Crippen molar-refractivity contribution < 1.29 is 19.8 Å². The highest BCUT2D eigenvalue weighted by atomic mass is 35.5. The Labute approximate surface area is 161 Å². The molecule has 0 heterocycles. The highest BCUT2D eigenvalue weighted by Gasteiger charge is 2.94. The summed E-state index contributed by atoms with van der Waals surface area (Å²) in [6.07, 6.45) is 2.35. The van der Waals surface area contributed by atoms with Gasteiger partial charge in [-0.1, -0.05) is 6.08 Å². The van der Waals surface area contributed by atoms with Crippen LogP contribution in [0, 0.1) is 0 Å². The largest absolute Gasteiger partial charge is 0.480 e. The van der Waals surface area contributed by atoms with Crippen LogP contribution in [0.3, 0.4) is 0 Å². The number of carboxylic acid groups (broad SMARTS) is 2. The zero-order chi connectivity index (χ0) is 17.6. The second-order valence-corrected chi connectivity index (χ2v) is 9.63. The molecule has 6 atom stereocenters. The molecule has 0 radical (unpaired) electrons. The zero-order valence-corrected chi connectivity index (χ0v) is 15.8. The molecule has 0 bridgehead atoms. The van der Waals surface area contributed by atoms with Crippen LogP contribution in [0.4, 0.5) is 0 Å². The molecule has 2 saturated carbocycles. The van der Waals surface area contributed by atoms with Gasteiger partial charge in [0.1, 0.15) is 9.75 Å². The van der Waals surface area contributed by atoms with Gasteiger partial charge in [-0.2, -0.15) is 0 Å². The normalized spacial score (nSPS) is 54.5. The molecular formula is C13H10Cl6O4. The van der Waals surface area contributed by atoms with Gasteiger partial charge in [0.2, 0.25) is 0 Å². The summed E-state index contributed by atoms with van der Waals surface area (Å²) >= 11 is 38.6. The number of hydrogen-bond acceptors (Lipinski definition) is 2. The van der Waals surface area contributed by atoms with E-state index in [-0.39, 0.29) is 12.0 Å². The van der Waals surface area contributed by atoms with Crippen LogP contribution in [0.5, 0.6) is 0 Å². The number of aliphatic carboxylic acids is 2. The first kappa shape index (κ1) is 18.2. The van der Waals surface area contributed by atoms with Crippen molar-refractivity contribution in [2.45, 2.75) is 49.0 Å². The predicted molar refractivity (Wildman–Crippen MR) is 89.8 cm³/mol. The number of hydrogen-bond donors (Lipinski definition) is 2. The van der Waals surface area contributed by atoms with Gasteiger partial charge in [-0.25, -0.2) is 0 Å². The van der Waals surface area contributed by atoms with Crippen LogP contribution in [0.15, 0.2) is 11.6 Å².